The predicted octanol–water partition coefficient (Wildman–Crippen LogP) is 3.75. The minimum atomic E-state index is 0.579. The highest BCUT2D eigenvalue weighted by molar-refractivity contribution is 8.07. The number of aryl methyl sites for hydroxylation is 1. The number of likely N-dealkylation sites (N-methyl/N-ethyl adjacent to an activating group) is 1. The lowest BCUT2D eigenvalue weighted by atomic mass is 10.0. The summed E-state index contributed by atoms with van der Waals surface area (Å²) >= 11 is 4.30. The number of hydrogen-bond donors (Lipinski definition) is 1. The highest BCUT2D eigenvalue weighted by Crippen LogP contribution is 2.37. The standard InChI is InChI=1S/C16H25NS2/c1-11-5-7-14(8-6-11)9-15(17-4)16-10-18-12(2)13(3)19-16/h5-8,12-13,15-17H,9-10H2,1-4H3. The van der Waals surface area contributed by atoms with Gasteiger partial charge >= 0.3 is 0 Å². The Kier molecular flexibility index (Phi) is 5.67. The second-order valence-electron chi connectivity index (χ2n) is 5.50. The third-order valence-corrected chi connectivity index (χ3v) is 7.52. The zero-order valence-electron chi connectivity index (χ0n) is 12.3. The van der Waals surface area contributed by atoms with Gasteiger partial charge in [-0.3, -0.25) is 0 Å². The molecule has 1 nitrogen and oxygen atoms in total. The summed E-state index contributed by atoms with van der Waals surface area (Å²) in [5, 5.41) is 5.81. The zero-order chi connectivity index (χ0) is 13.8. The van der Waals surface area contributed by atoms with Crippen LogP contribution in [-0.2, 0) is 6.42 Å². The van der Waals surface area contributed by atoms with Gasteiger partial charge in [-0.05, 0) is 26.0 Å². The van der Waals surface area contributed by atoms with Crippen LogP contribution in [-0.4, -0.2) is 34.6 Å². The molecule has 0 saturated carbocycles. The summed E-state index contributed by atoms with van der Waals surface area (Å²) in [6.45, 7) is 6.87. The van der Waals surface area contributed by atoms with Gasteiger partial charge in [-0.15, -0.1) is 0 Å². The monoisotopic (exact) mass is 295 g/mol. The van der Waals surface area contributed by atoms with Gasteiger partial charge < -0.3 is 5.32 Å². The van der Waals surface area contributed by atoms with E-state index in [1.165, 1.54) is 16.9 Å². The van der Waals surface area contributed by atoms with Crippen molar-refractivity contribution in [3.05, 3.63) is 35.4 Å². The Labute approximate surface area is 126 Å². The molecule has 1 aromatic rings. The number of rotatable bonds is 4. The fourth-order valence-electron chi connectivity index (χ4n) is 2.42. The molecule has 1 aliphatic rings. The third kappa shape index (κ3) is 4.17. The van der Waals surface area contributed by atoms with Crippen LogP contribution in [0.2, 0.25) is 0 Å². The van der Waals surface area contributed by atoms with Crippen LogP contribution in [0.4, 0.5) is 0 Å². The molecule has 1 aromatic carbocycles. The second kappa shape index (κ2) is 7.05. The van der Waals surface area contributed by atoms with Crippen LogP contribution in [0.15, 0.2) is 24.3 Å². The van der Waals surface area contributed by atoms with Crippen LogP contribution in [0.3, 0.4) is 0 Å². The van der Waals surface area contributed by atoms with Gasteiger partial charge in [0, 0.05) is 27.5 Å². The largest absolute Gasteiger partial charge is 0.316 e. The van der Waals surface area contributed by atoms with Crippen molar-refractivity contribution in [3.63, 3.8) is 0 Å². The Morgan fingerprint density at radius 1 is 1.21 bits per heavy atom. The van der Waals surface area contributed by atoms with E-state index >= 15 is 0 Å². The van der Waals surface area contributed by atoms with Gasteiger partial charge in [0.25, 0.3) is 0 Å². The molecule has 0 radical (unpaired) electrons. The Morgan fingerprint density at radius 3 is 2.47 bits per heavy atom. The smallest absolute Gasteiger partial charge is 0.0298 e. The minimum absolute atomic E-state index is 0.579. The van der Waals surface area contributed by atoms with E-state index in [0.717, 1.165) is 22.2 Å². The van der Waals surface area contributed by atoms with Crippen LogP contribution in [0.25, 0.3) is 0 Å². The SMILES string of the molecule is CNC(Cc1ccc(C)cc1)C1CSC(C)C(C)S1. The number of thioether (sulfide) groups is 2. The van der Waals surface area contributed by atoms with Gasteiger partial charge in [0.15, 0.2) is 0 Å². The van der Waals surface area contributed by atoms with Gasteiger partial charge in [-0.25, -0.2) is 0 Å². The molecule has 1 saturated heterocycles. The molecular formula is C16H25NS2. The molecule has 3 heteroatoms. The van der Waals surface area contributed by atoms with E-state index in [1.807, 2.05) is 0 Å². The minimum Gasteiger partial charge on any atom is -0.316 e. The van der Waals surface area contributed by atoms with Crippen molar-refractivity contribution in [2.75, 3.05) is 12.8 Å². The zero-order valence-corrected chi connectivity index (χ0v) is 14.0. The van der Waals surface area contributed by atoms with Crippen molar-refractivity contribution in [2.24, 2.45) is 0 Å². The van der Waals surface area contributed by atoms with E-state index in [-0.39, 0.29) is 0 Å². The normalized spacial score (nSPS) is 29.2. The summed E-state index contributed by atoms with van der Waals surface area (Å²) in [5.74, 6) is 1.27. The average molecular weight is 296 g/mol. The number of nitrogens with one attached hydrogen (secondary N) is 1. The molecule has 1 aliphatic heterocycles. The molecule has 4 atom stereocenters. The maximum absolute atomic E-state index is 3.54. The van der Waals surface area contributed by atoms with E-state index in [0.29, 0.717) is 6.04 Å². The molecule has 0 spiro atoms. The topological polar surface area (TPSA) is 12.0 Å². The summed E-state index contributed by atoms with van der Waals surface area (Å²) in [4.78, 5) is 0. The van der Waals surface area contributed by atoms with Crippen molar-refractivity contribution < 1.29 is 0 Å². The summed E-state index contributed by atoms with van der Waals surface area (Å²) in [5.41, 5.74) is 2.79. The van der Waals surface area contributed by atoms with E-state index in [4.69, 9.17) is 0 Å². The first-order valence-electron chi connectivity index (χ1n) is 7.10. The lowest BCUT2D eigenvalue weighted by Crippen LogP contribution is -2.43. The summed E-state index contributed by atoms with van der Waals surface area (Å²) in [6, 6.07) is 9.55. The molecule has 4 unspecified atom stereocenters. The molecule has 0 aliphatic carbocycles. The predicted molar refractivity (Wildman–Crippen MR) is 90.5 cm³/mol. The summed E-state index contributed by atoms with van der Waals surface area (Å²) in [6.07, 6.45) is 1.14. The fourth-order valence-corrected chi connectivity index (χ4v) is 5.59. The van der Waals surface area contributed by atoms with E-state index in [1.54, 1.807) is 0 Å². The van der Waals surface area contributed by atoms with E-state index < -0.39 is 0 Å². The highest BCUT2D eigenvalue weighted by atomic mass is 32.2. The van der Waals surface area contributed by atoms with E-state index in [9.17, 15) is 0 Å². The molecule has 0 aromatic heterocycles. The van der Waals surface area contributed by atoms with Crippen LogP contribution in [0.1, 0.15) is 25.0 Å². The van der Waals surface area contributed by atoms with Crippen molar-refractivity contribution in [1.82, 2.24) is 5.32 Å². The molecule has 19 heavy (non-hydrogen) atoms. The Bertz CT molecular complexity index is 390. The molecule has 2 rings (SSSR count). The van der Waals surface area contributed by atoms with Gasteiger partial charge in [0.2, 0.25) is 0 Å². The van der Waals surface area contributed by atoms with Gasteiger partial charge in [0.1, 0.15) is 0 Å². The molecule has 106 valence electrons. The lowest BCUT2D eigenvalue weighted by Gasteiger charge is -2.36. The molecule has 1 N–H and O–H groups in total. The Balaban J connectivity index is 1.98. The lowest BCUT2D eigenvalue weighted by molar-refractivity contribution is 0.554. The molecule has 1 fully saturated rings. The second-order valence-corrected chi connectivity index (χ2v) is 8.53. The highest BCUT2D eigenvalue weighted by Gasteiger charge is 2.30. The quantitative estimate of drug-likeness (QED) is 0.908. The maximum atomic E-state index is 3.54. The van der Waals surface area contributed by atoms with Crippen LogP contribution >= 0.6 is 23.5 Å². The van der Waals surface area contributed by atoms with Crippen LogP contribution in [0, 0.1) is 6.92 Å². The first kappa shape index (κ1) is 15.3. The third-order valence-electron chi connectivity index (χ3n) is 3.97. The molecule has 0 bridgehead atoms. The van der Waals surface area contributed by atoms with Crippen molar-refractivity contribution in [1.29, 1.82) is 0 Å². The number of benzene rings is 1. The van der Waals surface area contributed by atoms with Gasteiger partial charge in [0.05, 0.1) is 0 Å². The fraction of sp³-hybridized carbons (Fsp3) is 0.625. The molecule has 0 amide bonds. The van der Waals surface area contributed by atoms with E-state index in [2.05, 4.69) is 80.9 Å². The van der Waals surface area contributed by atoms with Gasteiger partial charge in [-0.2, -0.15) is 23.5 Å². The van der Waals surface area contributed by atoms with Crippen molar-refractivity contribution >= 4 is 23.5 Å². The maximum Gasteiger partial charge on any atom is 0.0298 e. The Hall–Kier alpha value is -0.120. The first-order valence-corrected chi connectivity index (χ1v) is 9.09. The number of hydrogen-bond acceptors (Lipinski definition) is 3. The van der Waals surface area contributed by atoms with Gasteiger partial charge in [-0.1, -0.05) is 43.7 Å². The molecule has 1 heterocycles. The Morgan fingerprint density at radius 2 is 1.89 bits per heavy atom. The average Bonchev–Trinajstić information content (AvgIpc) is 2.41. The van der Waals surface area contributed by atoms with Crippen molar-refractivity contribution in [3.8, 4) is 0 Å². The van der Waals surface area contributed by atoms with Crippen LogP contribution < -0.4 is 5.32 Å². The first-order chi connectivity index (χ1) is 9.10. The van der Waals surface area contributed by atoms with Crippen LogP contribution in [0.5, 0.6) is 0 Å². The molecular weight excluding hydrogens is 270 g/mol. The summed E-state index contributed by atoms with van der Waals surface area (Å²) in [7, 11) is 2.10. The summed E-state index contributed by atoms with van der Waals surface area (Å²) < 4.78 is 0. The van der Waals surface area contributed by atoms with Crippen molar-refractivity contribution in [2.45, 2.75) is 49.0 Å².